The Kier molecular flexibility index (Phi) is 4.81. The minimum absolute atomic E-state index is 0.163. The molecule has 19 heavy (non-hydrogen) atoms. The van der Waals surface area contributed by atoms with Crippen molar-refractivity contribution in [3.05, 3.63) is 12.2 Å². The van der Waals surface area contributed by atoms with Gasteiger partial charge in [0, 0.05) is 13.6 Å². The molecule has 1 aromatic heterocycles. The van der Waals surface area contributed by atoms with E-state index < -0.39 is 24.0 Å². The molecule has 2 amide bonds. The van der Waals surface area contributed by atoms with Crippen LogP contribution in [0.4, 0.5) is 4.79 Å². The van der Waals surface area contributed by atoms with Crippen LogP contribution in [0.5, 0.6) is 0 Å². The molecule has 9 heteroatoms. The Bertz CT molecular complexity index is 457. The Hall–Kier alpha value is -2.16. The van der Waals surface area contributed by atoms with Gasteiger partial charge in [-0.25, -0.2) is 4.79 Å². The zero-order valence-electron chi connectivity index (χ0n) is 10.8. The van der Waals surface area contributed by atoms with E-state index in [2.05, 4.69) is 20.8 Å². The second-order valence-corrected chi connectivity index (χ2v) is 4.46. The number of carboxylic acids is 1. The van der Waals surface area contributed by atoms with Gasteiger partial charge in [0.15, 0.2) is 5.82 Å². The lowest BCUT2D eigenvalue weighted by Crippen LogP contribution is -2.45. The predicted molar refractivity (Wildman–Crippen MR) is 64.1 cm³/mol. The summed E-state index contributed by atoms with van der Waals surface area (Å²) in [4.78, 5) is 21.9. The van der Waals surface area contributed by atoms with Crippen LogP contribution in [0, 0.1) is 0 Å². The number of aliphatic hydroxyl groups is 1. The molecule has 0 bridgehead atoms. The van der Waals surface area contributed by atoms with Gasteiger partial charge in [-0.3, -0.25) is 4.79 Å². The fourth-order valence-electron chi connectivity index (χ4n) is 1.35. The number of aryl methyl sites for hydroxylation is 1. The number of hydrogen-bond donors (Lipinski definition) is 4. The monoisotopic (exact) mass is 271 g/mol. The van der Waals surface area contributed by atoms with Crippen LogP contribution in [-0.4, -0.2) is 49.1 Å². The average molecular weight is 271 g/mol. The quantitative estimate of drug-likeness (QED) is 0.516. The number of nitrogens with one attached hydrogen (secondary N) is 2. The smallest absolute Gasteiger partial charge is 0.315 e. The summed E-state index contributed by atoms with van der Waals surface area (Å²) in [5, 5.41) is 30.6. The summed E-state index contributed by atoms with van der Waals surface area (Å²) in [6.45, 7) is 1.36. The maximum atomic E-state index is 11.4. The van der Waals surface area contributed by atoms with Gasteiger partial charge in [-0.1, -0.05) is 0 Å². The maximum absolute atomic E-state index is 11.4. The van der Waals surface area contributed by atoms with E-state index >= 15 is 0 Å². The van der Waals surface area contributed by atoms with Crippen molar-refractivity contribution in [2.24, 2.45) is 7.05 Å². The van der Waals surface area contributed by atoms with Crippen molar-refractivity contribution in [3.8, 4) is 0 Å². The van der Waals surface area contributed by atoms with E-state index in [1.165, 1.54) is 13.3 Å². The number of rotatable bonds is 6. The van der Waals surface area contributed by atoms with Crippen molar-refractivity contribution < 1.29 is 19.8 Å². The van der Waals surface area contributed by atoms with E-state index in [-0.39, 0.29) is 13.1 Å². The summed E-state index contributed by atoms with van der Waals surface area (Å²) in [7, 11) is 1.74. The molecule has 1 heterocycles. The zero-order chi connectivity index (χ0) is 14.5. The highest BCUT2D eigenvalue weighted by atomic mass is 16.4. The molecular formula is C10H17N5O4. The Morgan fingerprint density at radius 3 is 2.68 bits per heavy atom. The van der Waals surface area contributed by atoms with Gasteiger partial charge in [-0.2, -0.15) is 0 Å². The van der Waals surface area contributed by atoms with Crippen LogP contribution in [0.25, 0.3) is 0 Å². The van der Waals surface area contributed by atoms with Gasteiger partial charge in [-0.05, 0) is 6.92 Å². The molecular weight excluding hydrogens is 254 g/mol. The molecule has 1 unspecified atom stereocenters. The van der Waals surface area contributed by atoms with Crippen molar-refractivity contribution in [3.63, 3.8) is 0 Å². The minimum atomic E-state index is -1.49. The van der Waals surface area contributed by atoms with Crippen molar-refractivity contribution in [1.29, 1.82) is 0 Å². The molecule has 0 spiro atoms. The summed E-state index contributed by atoms with van der Waals surface area (Å²) in [6, 6.07) is -0.520. The molecule has 0 aliphatic heterocycles. The standard InChI is InChI=1S/C10H17N5O4/c1-10(19,3-8(16)17)5-12-9(18)11-4-7-14-13-6-15(7)2/h6,19H,3-5H2,1-2H3,(H,16,17)(H2,11,12,18). The number of carbonyl (C=O) groups is 2. The lowest BCUT2D eigenvalue weighted by molar-refractivity contribution is -0.141. The first-order chi connectivity index (χ1) is 8.80. The number of urea groups is 1. The maximum Gasteiger partial charge on any atom is 0.315 e. The molecule has 106 valence electrons. The molecule has 9 nitrogen and oxygen atoms in total. The Morgan fingerprint density at radius 1 is 1.47 bits per heavy atom. The highest BCUT2D eigenvalue weighted by Gasteiger charge is 2.24. The highest BCUT2D eigenvalue weighted by molar-refractivity contribution is 5.74. The summed E-state index contributed by atoms with van der Waals surface area (Å²) >= 11 is 0. The Morgan fingerprint density at radius 2 is 2.16 bits per heavy atom. The summed E-state index contributed by atoms with van der Waals surface area (Å²) in [6.07, 6.45) is 1.06. The van der Waals surface area contributed by atoms with Crippen LogP contribution >= 0.6 is 0 Å². The number of carbonyl (C=O) groups excluding carboxylic acids is 1. The summed E-state index contributed by atoms with van der Waals surface area (Å²) in [5.74, 6) is -0.557. The molecule has 0 fully saturated rings. The van der Waals surface area contributed by atoms with Crippen LogP contribution < -0.4 is 10.6 Å². The van der Waals surface area contributed by atoms with Gasteiger partial charge in [-0.15, -0.1) is 10.2 Å². The predicted octanol–water partition coefficient (Wildman–Crippen LogP) is -1.16. The number of nitrogens with zero attached hydrogens (tertiary/aromatic N) is 3. The second kappa shape index (κ2) is 6.14. The first-order valence-corrected chi connectivity index (χ1v) is 5.59. The third-order valence-electron chi connectivity index (χ3n) is 2.37. The molecule has 0 radical (unpaired) electrons. The van der Waals surface area contributed by atoms with Crippen LogP contribution in [0.15, 0.2) is 6.33 Å². The zero-order valence-corrected chi connectivity index (χ0v) is 10.8. The van der Waals surface area contributed by atoms with E-state index in [1.54, 1.807) is 11.6 Å². The van der Waals surface area contributed by atoms with Gasteiger partial charge in [0.2, 0.25) is 0 Å². The number of aliphatic carboxylic acids is 1. The highest BCUT2D eigenvalue weighted by Crippen LogP contribution is 2.07. The SMILES string of the molecule is Cn1cnnc1CNC(=O)NCC(C)(O)CC(=O)O. The van der Waals surface area contributed by atoms with Gasteiger partial charge in [0.1, 0.15) is 6.33 Å². The molecule has 0 aromatic carbocycles. The molecule has 1 rings (SSSR count). The lowest BCUT2D eigenvalue weighted by atomic mass is 10.0. The number of aromatic nitrogens is 3. The van der Waals surface area contributed by atoms with E-state index in [4.69, 9.17) is 5.11 Å². The van der Waals surface area contributed by atoms with Gasteiger partial charge in [0.25, 0.3) is 0 Å². The third-order valence-corrected chi connectivity index (χ3v) is 2.37. The fraction of sp³-hybridized carbons (Fsp3) is 0.600. The number of amides is 2. The molecule has 0 saturated heterocycles. The van der Waals surface area contributed by atoms with Crippen LogP contribution in [0.2, 0.25) is 0 Å². The topological polar surface area (TPSA) is 129 Å². The summed E-state index contributed by atoms with van der Waals surface area (Å²) < 4.78 is 1.65. The molecule has 0 aliphatic carbocycles. The van der Waals surface area contributed by atoms with E-state index in [1.807, 2.05) is 0 Å². The Labute approximate surface area is 109 Å². The van der Waals surface area contributed by atoms with Crippen molar-refractivity contribution in [2.45, 2.75) is 25.5 Å². The molecule has 1 atom stereocenters. The van der Waals surface area contributed by atoms with Crippen molar-refractivity contribution >= 4 is 12.0 Å². The average Bonchev–Trinajstić information content (AvgIpc) is 2.68. The normalized spacial score (nSPS) is 13.6. The van der Waals surface area contributed by atoms with Gasteiger partial charge >= 0.3 is 12.0 Å². The van der Waals surface area contributed by atoms with Gasteiger partial charge in [0.05, 0.1) is 18.6 Å². The molecule has 1 aromatic rings. The lowest BCUT2D eigenvalue weighted by Gasteiger charge is -2.21. The third kappa shape index (κ3) is 5.34. The summed E-state index contributed by atoms with van der Waals surface area (Å²) in [5.41, 5.74) is -1.49. The van der Waals surface area contributed by atoms with Crippen LogP contribution in [-0.2, 0) is 18.4 Å². The van der Waals surface area contributed by atoms with Crippen molar-refractivity contribution in [2.75, 3.05) is 6.54 Å². The fourth-order valence-corrected chi connectivity index (χ4v) is 1.35. The number of hydrogen-bond acceptors (Lipinski definition) is 5. The first kappa shape index (κ1) is 14.9. The largest absolute Gasteiger partial charge is 0.481 e. The molecule has 4 N–H and O–H groups in total. The van der Waals surface area contributed by atoms with Gasteiger partial charge < -0.3 is 25.4 Å². The van der Waals surface area contributed by atoms with E-state index in [0.29, 0.717) is 5.82 Å². The minimum Gasteiger partial charge on any atom is -0.481 e. The molecule has 0 saturated carbocycles. The first-order valence-electron chi connectivity index (χ1n) is 5.59. The van der Waals surface area contributed by atoms with E-state index in [9.17, 15) is 14.7 Å². The van der Waals surface area contributed by atoms with Crippen molar-refractivity contribution in [1.82, 2.24) is 25.4 Å². The van der Waals surface area contributed by atoms with E-state index in [0.717, 1.165) is 0 Å². The van der Waals surface area contributed by atoms with Crippen LogP contribution in [0.1, 0.15) is 19.2 Å². The second-order valence-electron chi connectivity index (χ2n) is 4.46. The van der Waals surface area contributed by atoms with Crippen LogP contribution in [0.3, 0.4) is 0 Å². The Balaban J connectivity index is 2.32. The molecule has 0 aliphatic rings. The number of carboxylic acid groups (broad SMARTS) is 1.